The van der Waals surface area contributed by atoms with E-state index >= 15 is 0 Å². The first-order valence-electron chi connectivity index (χ1n) is 8.74. The lowest BCUT2D eigenvalue weighted by Crippen LogP contribution is -2.39. The van der Waals surface area contributed by atoms with Gasteiger partial charge in [-0.15, -0.1) is 0 Å². The lowest BCUT2D eigenvalue weighted by Gasteiger charge is -2.33. The van der Waals surface area contributed by atoms with E-state index in [9.17, 15) is 9.50 Å². The number of nitrogens with one attached hydrogen (secondary N) is 2. The topological polar surface area (TPSA) is 44.3 Å². The van der Waals surface area contributed by atoms with Gasteiger partial charge in [0.1, 0.15) is 17.7 Å². The van der Waals surface area contributed by atoms with Crippen molar-refractivity contribution in [3.63, 3.8) is 0 Å². The average molecular weight is 460 g/mol. The summed E-state index contributed by atoms with van der Waals surface area (Å²) in [6.45, 7) is 0. The second kappa shape index (κ2) is 7.95. The predicted molar refractivity (Wildman–Crippen MR) is 113 cm³/mol. The Morgan fingerprint density at radius 2 is 1.68 bits per heavy atom. The van der Waals surface area contributed by atoms with Gasteiger partial charge in [-0.1, -0.05) is 51.8 Å². The molecule has 1 aliphatic rings. The molecular formula is C22H17BrClFN2O. The van der Waals surface area contributed by atoms with Gasteiger partial charge in [-0.25, -0.2) is 4.39 Å². The molecule has 1 heterocycles. The third-order valence-corrected chi connectivity index (χ3v) is 5.41. The summed E-state index contributed by atoms with van der Waals surface area (Å²) in [6, 6.07) is 19.0. The molecule has 1 aliphatic heterocycles. The van der Waals surface area contributed by atoms with Crippen molar-refractivity contribution in [2.24, 2.45) is 0 Å². The number of hydrogen-bond acceptors (Lipinski definition) is 3. The molecule has 28 heavy (non-hydrogen) atoms. The van der Waals surface area contributed by atoms with Gasteiger partial charge in [0.05, 0.1) is 6.04 Å². The Labute approximate surface area is 176 Å². The summed E-state index contributed by atoms with van der Waals surface area (Å²) in [6.07, 6.45) is 1.75. The van der Waals surface area contributed by atoms with Crippen LogP contribution in [0.3, 0.4) is 0 Å². The summed E-state index contributed by atoms with van der Waals surface area (Å²) in [5.41, 5.74) is 3.50. The Balaban J connectivity index is 1.76. The SMILES string of the molecule is Oc1ccc(Br)cc1C1C=C(c2ccc(Cl)cc2)NC(c2ccc(F)cc2)N1. The summed E-state index contributed by atoms with van der Waals surface area (Å²) in [7, 11) is 0. The Hall–Kier alpha value is -2.34. The highest BCUT2D eigenvalue weighted by Crippen LogP contribution is 2.34. The van der Waals surface area contributed by atoms with Crippen LogP contribution in [0.1, 0.15) is 28.9 Å². The van der Waals surface area contributed by atoms with Crippen molar-refractivity contribution < 1.29 is 9.50 Å². The molecule has 0 saturated heterocycles. The van der Waals surface area contributed by atoms with E-state index in [1.807, 2.05) is 36.4 Å². The number of phenols is 1. The summed E-state index contributed by atoms with van der Waals surface area (Å²) >= 11 is 9.49. The van der Waals surface area contributed by atoms with E-state index in [0.717, 1.165) is 26.9 Å². The molecule has 0 radical (unpaired) electrons. The zero-order chi connectivity index (χ0) is 19.7. The summed E-state index contributed by atoms with van der Waals surface area (Å²) < 4.78 is 14.2. The largest absolute Gasteiger partial charge is 0.508 e. The van der Waals surface area contributed by atoms with Crippen LogP contribution in [0.5, 0.6) is 5.75 Å². The Morgan fingerprint density at radius 3 is 2.39 bits per heavy atom. The fourth-order valence-electron chi connectivity index (χ4n) is 3.24. The lowest BCUT2D eigenvalue weighted by molar-refractivity contribution is 0.418. The normalized spacial score (nSPS) is 19.0. The second-order valence-electron chi connectivity index (χ2n) is 6.56. The van der Waals surface area contributed by atoms with Crippen LogP contribution in [0.4, 0.5) is 4.39 Å². The van der Waals surface area contributed by atoms with Crippen LogP contribution in [-0.2, 0) is 0 Å². The van der Waals surface area contributed by atoms with Crippen LogP contribution >= 0.6 is 27.5 Å². The highest BCUT2D eigenvalue weighted by atomic mass is 79.9. The van der Waals surface area contributed by atoms with Gasteiger partial charge in [0.2, 0.25) is 0 Å². The fraction of sp³-hybridized carbons (Fsp3) is 0.0909. The standard InChI is InChI=1S/C22H17BrClFN2O/c23-15-5-10-21(28)18(11-15)20-12-19(13-1-6-16(24)7-2-13)26-22(27-20)14-3-8-17(25)9-4-14/h1-12,20,22,26-28H. The molecule has 0 fully saturated rings. The number of halogens is 3. The molecule has 2 atom stereocenters. The van der Waals surface area contributed by atoms with Crippen LogP contribution in [-0.4, -0.2) is 5.11 Å². The van der Waals surface area contributed by atoms with E-state index < -0.39 is 0 Å². The zero-order valence-electron chi connectivity index (χ0n) is 14.7. The zero-order valence-corrected chi connectivity index (χ0v) is 17.0. The number of benzene rings is 3. The first-order valence-corrected chi connectivity index (χ1v) is 9.91. The molecule has 3 aromatic carbocycles. The van der Waals surface area contributed by atoms with E-state index in [2.05, 4.69) is 26.6 Å². The molecule has 4 rings (SSSR count). The molecule has 0 spiro atoms. The van der Waals surface area contributed by atoms with Crippen LogP contribution in [0.25, 0.3) is 5.70 Å². The number of aromatic hydroxyl groups is 1. The van der Waals surface area contributed by atoms with Gasteiger partial charge >= 0.3 is 0 Å². The van der Waals surface area contributed by atoms with E-state index in [1.54, 1.807) is 24.3 Å². The van der Waals surface area contributed by atoms with Crippen molar-refractivity contribution in [1.29, 1.82) is 0 Å². The minimum absolute atomic E-state index is 0.201. The van der Waals surface area contributed by atoms with Gasteiger partial charge in [0, 0.05) is 20.8 Å². The molecular weight excluding hydrogens is 443 g/mol. The minimum Gasteiger partial charge on any atom is -0.508 e. The molecule has 2 unspecified atom stereocenters. The molecule has 0 bridgehead atoms. The minimum atomic E-state index is -0.283. The third kappa shape index (κ3) is 4.07. The van der Waals surface area contributed by atoms with E-state index in [0.29, 0.717) is 5.02 Å². The van der Waals surface area contributed by atoms with Gasteiger partial charge in [-0.05, 0) is 59.7 Å². The highest BCUT2D eigenvalue weighted by Gasteiger charge is 2.25. The van der Waals surface area contributed by atoms with Crippen molar-refractivity contribution in [1.82, 2.24) is 10.6 Å². The Bertz CT molecular complexity index is 1020. The third-order valence-electron chi connectivity index (χ3n) is 4.66. The predicted octanol–water partition coefficient (Wildman–Crippen LogP) is 5.92. The van der Waals surface area contributed by atoms with Crippen molar-refractivity contribution in [3.05, 3.63) is 105 Å². The summed E-state index contributed by atoms with van der Waals surface area (Å²) in [4.78, 5) is 0. The van der Waals surface area contributed by atoms with Crippen molar-refractivity contribution in [3.8, 4) is 5.75 Å². The first-order chi connectivity index (χ1) is 13.5. The molecule has 142 valence electrons. The molecule has 6 heteroatoms. The average Bonchev–Trinajstić information content (AvgIpc) is 2.70. The number of phenolic OH excluding ortho intramolecular Hbond substituents is 1. The van der Waals surface area contributed by atoms with E-state index in [-0.39, 0.29) is 23.8 Å². The van der Waals surface area contributed by atoms with Crippen molar-refractivity contribution in [2.75, 3.05) is 0 Å². The Kier molecular flexibility index (Phi) is 5.40. The molecule has 3 aromatic rings. The van der Waals surface area contributed by atoms with E-state index in [4.69, 9.17) is 11.6 Å². The molecule has 0 saturated carbocycles. The number of hydrogen-bond donors (Lipinski definition) is 3. The Morgan fingerprint density at radius 1 is 0.964 bits per heavy atom. The van der Waals surface area contributed by atoms with Gasteiger partial charge in [0.15, 0.2) is 0 Å². The lowest BCUT2D eigenvalue weighted by atomic mass is 9.98. The van der Waals surface area contributed by atoms with Gasteiger partial charge in [-0.2, -0.15) is 0 Å². The van der Waals surface area contributed by atoms with Crippen LogP contribution in [0.15, 0.2) is 77.3 Å². The van der Waals surface area contributed by atoms with Crippen molar-refractivity contribution in [2.45, 2.75) is 12.2 Å². The second-order valence-corrected chi connectivity index (χ2v) is 7.92. The van der Waals surface area contributed by atoms with Gasteiger partial charge in [-0.3, -0.25) is 5.32 Å². The smallest absolute Gasteiger partial charge is 0.123 e. The summed E-state index contributed by atoms with van der Waals surface area (Å²) in [5, 5.41) is 18.0. The van der Waals surface area contributed by atoms with Crippen molar-refractivity contribution >= 4 is 33.2 Å². The maximum atomic E-state index is 13.4. The quantitative estimate of drug-likeness (QED) is 0.455. The molecule has 0 amide bonds. The summed E-state index contributed by atoms with van der Waals surface area (Å²) in [5.74, 6) is -0.0821. The monoisotopic (exact) mass is 458 g/mol. The van der Waals surface area contributed by atoms with Crippen LogP contribution in [0.2, 0.25) is 5.02 Å². The molecule has 3 nitrogen and oxygen atoms in total. The maximum Gasteiger partial charge on any atom is 0.123 e. The molecule has 0 aromatic heterocycles. The van der Waals surface area contributed by atoms with Crippen LogP contribution in [0, 0.1) is 5.82 Å². The van der Waals surface area contributed by atoms with E-state index in [1.165, 1.54) is 12.1 Å². The first kappa shape index (κ1) is 19.0. The highest BCUT2D eigenvalue weighted by molar-refractivity contribution is 9.10. The molecule has 3 N–H and O–H groups in total. The number of rotatable bonds is 3. The molecule has 0 aliphatic carbocycles. The maximum absolute atomic E-state index is 13.4. The van der Waals surface area contributed by atoms with Gasteiger partial charge in [0.25, 0.3) is 0 Å². The van der Waals surface area contributed by atoms with Gasteiger partial charge < -0.3 is 10.4 Å². The fourth-order valence-corrected chi connectivity index (χ4v) is 3.74. The van der Waals surface area contributed by atoms with Crippen LogP contribution < -0.4 is 10.6 Å².